The highest BCUT2D eigenvalue weighted by atomic mass is 35.5. The zero-order valence-electron chi connectivity index (χ0n) is 8.80. The van der Waals surface area contributed by atoms with Gasteiger partial charge in [0.25, 0.3) is 0 Å². The zero-order chi connectivity index (χ0) is 11.3. The largest absolute Gasteiger partial charge is 0.488 e. The predicted octanol–water partition coefficient (Wildman–Crippen LogP) is 3.49. The topological polar surface area (TPSA) is 18.5 Å². The van der Waals surface area contributed by atoms with Gasteiger partial charge in [0.1, 0.15) is 11.9 Å². The van der Waals surface area contributed by atoms with Crippen molar-refractivity contribution in [3.63, 3.8) is 0 Å². The van der Waals surface area contributed by atoms with E-state index in [4.69, 9.17) is 32.7 Å². The van der Waals surface area contributed by atoms with Crippen LogP contribution in [0.15, 0.2) is 18.2 Å². The summed E-state index contributed by atoms with van der Waals surface area (Å²) in [6, 6.07) is 5.42. The molecule has 0 heterocycles. The van der Waals surface area contributed by atoms with E-state index in [0.29, 0.717) is 17.5 Å². The Labute approximate surface area is 100 Å². The summed E-state index contributed by atoms with van der Waals surface area (Å²) in [6.07, 6.45) is -0.00172. The zero-order valence-corrected chi connectivity index (χ0v) is 10.3. The first-order chi connectivity index (χ1) is 7.17. The van der Waals surface area contributed by atoms with Gasteiger partial charge in [0.2, 0.25) is 0 Å². The molecule has 0 saturated heterocycles. The molecular weight excluding hydrogens is 235 g/mol. The summed E-state index contributed by atoms with van der Waals surface area (Å²) >= 11 is 11.6. The quantitative estimate of drug-likeness (QED) is 0.743. The molecule has 15 heavy (non-hydrogen) atoms. The van der Waals surface area contributed by atoms with Crippen LogP contribution in [0, 0.1) is 0 Å². The highest BCUT2D eigenvalue weighted by Crippen LogP contribution is 2.25. The Balaban J connectivity index is 2.75. The minimum Gasteiger partial charge on any atom is -0.488 e. The van der Waals surface area contributed by atoms with Gasteiger partial charge in [0, 0.05) is 17.7 Å². The molecule has 0 aliphatic carbocycles. The molecule has 84 valence electrons. The van der Waals surface area contributed by atoms with Gasteiger partial charge in [-0.2, -0.15) is 0 Å². The highest BCUT2D eigenvalue weighted by molar-refractivity contribution is 6.30. The number of alkyl halides is 1. The van der Waals surface area contributed by atoms with Crippen LogP contribution >= 0.6 is 23.2 Å². The second-order valence-corrected chi connectivity index (χ2v) is 3.97. The molecule has 1 atom stereocenters. The first-order valence-corrected chi connectivity index (χ1v) is 5.58. The molecular formula is C11H14Cl2O2. The van der Waals surface area contributed by atoms with Crippen LogP contribution in [-0.4, -0.2) is 19.8 Å². The Hall–Kier alpha value is -0.440. The van der Waals surface area contributed by atoms with E-state index in [0.717, 1.165) is 11.3 Å². The van der Waals surface area contributed by atoms with E-state index in [2.05, 4.69) is 0 Å². The van der Waals surface area contributed by atoms with Gasteiger partial charge in [-0.25, -0.2) is 0 Å². The number of ether oxygens (including phenoxy) is 2. The van der Waals surface area contributed by atoms with Crippen molar-refractivity contribution in [1.29, 1.82) is 0 Å². The molecule has 4 heteroatoms. The molecule has 0 fully saturated rings. The van der Waals surface area contributed by atoms with E-state index in [1.807, 2.05) is 19.1 Å². The van der Waals surface area contributed by atoms with Crippen LogP contribution in [0.4, 0.5) is 0 Å². The van der Waals surface area contributed by atoms with Crippen molar-refractivity contribution in [3.8, 4) is 5.75 Å². The van der Waals surface area contributed by atoms with E-state index in [1.54, 1.807) is 13.2 Å². The molecule has 1 rings (SSSR count). The van der Waals surface area contributed by atoms with Crippen molar-refractivity contribution in [2.24, 2.45) is 0 Å². The number of halogens is 2. The molecule has 1 aromatic rings. The average Bonchev–Trinajstić information content (AvgIpc) is 2.21. The lowest BCUT2D eigenvalue weighted by Gasteiger charge is -2.16. The van der Waals surface area contributed by atoms with Crippen molar-refractivity contribution in [2.45, 2.75) is 18.9 Å². The van der Waals surface area contributed by atoms with Crippen LogP contribution in [0.3, 0.4) is 0 Å². The second-order valence-electron chi connectivity index (χ2n) is 3.27. The molecule has 0 aliphatic heterocycles. The molecule has 0 aliphatic rings. The van der Waals surface area contributed by atoms with Crippen LogP contribution < -0.4 is 4.74 Å². The van der Waals surface area contributed by atoms with E-state index >= 15 is 0 Å². The van der Waals surface area contributed by atoms with E-state index in [9.17, 15) is 0 Å². The van der Waals surface area contributed by atoms with Gasteiger partial charge < -0.3 is 9.47 Å². The summed E-state index contributed by atoms with van der Waals surface area (Å²) in [5.74, 6) is 1.15. The Kier molecular flexibility index (Phi) is 5.23. The third-order valence-electron chi connectivity index (χ3n) is 1.90. The molecule has 0 saturated carbocycles. The van der Waals surface area contributed by atoms with Gasteiger partial charge in [-0.05, 0) is 25.1 Å². The van der Waals surface area contributed by atoms with Gasteiger partial charge in [-0.15, -0.1) is 11.6 Å². The fraction of sp³-hybridized carbons (Fsp3) is 0.455. The van der Waals surface area contributed by atoms with Crippen molar-refractivity contribution in [2.75, 3.05) is 13.7 Å². The molecule has 1 aromatic carbocycles. The van der Waals surface area contributed by atoms with Crippen molar-refractivity contribution in [3.05, 3.63) is 28.8 Å². The molecule has 0 aromatic heterocycles. The SMILES string of the molecule is COCC(C)Oc1ccc(Cl)cc1CCl. The second kappa shape index (κ2) is 6.21. The molecule has 2 nitrogen and oxygen atoms in total. The van der Waals surface area contributed by atoms with E-state index in [1.165, 1.54) is 0 Å². The Morgan fingerprint density at radius 1 is 1.40 bits per heavy atom. The lowest BCUT2D eigenvalue weighted by molar-refractivity contribution is 0.0916. The third-order valence-corrected chi connectivity index (χ3v) is 2.42. The third kappa shape index (κ3) is 3.90. The van der Waals surface area contributed by atoms with Crippen molar-refractivity contribution >= 4 is 23.2 Å². The van der Waals surface area contributed by atoms with E-state index < -0.39 is 0 Å². The number of methoxy groups -OCH3 is 1. The maximum absolute atomic E-state index is 5.85. The van der Waals surface area contributed by atoms with Crippen LogP contribution in [-0.2, 0) is 10.6 Å². The smallest absolute Gasteiger partial charge is 0.124 e. The van der Waals surface area contributed by atoms with Gasteiger partial charge in [0.05, 0.1) is 12.5 Å². The standard InChI is InChI=1S/C11H14Cl2O2/c1-8(7-14-2)15-11-4-3-10(13)5-9(11)6-12/h3-5,8H,6-7H2,1-2H3. The van der Waals surface area contributed by atoms with Gasteiger partial charge >= 0.3 is 0 Å². The van der Waals surface area contributed by atoms with E-state index in [-0.39, 0.29) is 6.10 Å². The summed E-state index contributed by atoms with van der Waals surface area (Å²) in [4.78, 5) is 0. The molecule has 0 radical (unpaired) electrons. The fourth-order valence-corrected chi connectivity index (χ4v) is 1.66. The van der Waals surface area contributed by atoms with Crippen LogP contribution in [0.5, 0.6) is 5.75 Å². The first kappa shape index (κ1) is 12.6. The monoisotopic (exact) mass is 248 g/mol. The summed E-state index contributed by atoms with van der Waals surface area (Å²) in [5, 5.41) is 0.664. The predicted molar refractivity (Wildman–Crippen MR) is 63.0 cm³/mol. The number of rotatable bonds is 5. The van der Waals surface area contributed by atoms with Crippen LogP contribution in [0.1, 0.15) is 12.5 Å². The Morgan fingerprint density at radius 2 is 2.13 bits per heavy atom. The number of hydrogen-bond donors (Lipinski definition) is 0. The Bertz CT molecular complexity index is 315. The summed E-state index contributed by atoms with van der Waals surface area (Å²) in [7, 11) is 1.64. The molecule has 0 spiro atoms. The van der Waals surface area contributed by atoms with Gasteiger partial charge in [-0.3, -0.25) is 0 Å². The molecule has 0 N–H and O–H groups in total. The fourth-order valence-electron chi connectivity index (χ4n) is 1.25. The lowest BCUT2D eigenvalue weighted by atomic mass is 10.2. The number of hydrogen-bond acceptors (Lipinski definition) is 2. The summed E-state index contributed by atoms with van der Waals surface area (Å²) in [6.45, 7) is 2.49. The van der Waals surface area contributed by atoms with Gasteiger partial charge in [0.15, 0.2) is 0 Å². The minimum absolute atomic E-state index is 0.00172. The normalized spacial score (nSPS) is 12.5. The molecule has 1 unspecified atom stereocenters. The highest BCUT2D eigenvalue weighted by Gasteiger charge is 2.08. The number of benzene rings is 1. The van der Waals surface area contributed by atoms with Crippen molar-refractivity contribution in [1.82, 2.24) is 0 Å². The summed E-state index contributed by atoms with van der Waals surface area (Å²) in [5.41, 5.74) is 0.895. The van der Waals surface area contributed by atoms with Gasteiger partial charge in [-0.1, -0.05) is 11.6 Å². The maximum atomic E-state index is 5.85. The molecule has 0 amide bonds. The lowest BCUT2D eigenvalue weighted by Crippen LogP contribution is -2.18. The first-order valence-electron chi connectivity index (χ1n) is 4.67. The van der Waals surface area contributed by atoms with Crippen molar-refractivity contribution < 1.29 is 9.47 Å². The maximum Gasteiger partial charge on any atom is 0.124 e. The Morgan fingerprint density at radius 3 is 2.73 bits per heavy atom. The molecule has 0 bridgehead atoms. The summed E-state index contributed by atoms with van der Waals surface area (Å²) < 4.78 is 10.7. The van der Waals surface area contributed by atoms with Crippen LogP contribution in [0.2, 0.25) is 5.02 Å². The average molecular weight is 249 g/mol. The minimum atomic E-state index is -0.00172. The van der Waals surface area contributed by atoms with Crippen LogP contribution in [0.25, 0.3) is 0 Å².